The number of hydrogen-bond donors (Lipinski definition) is 0. The van der Waals surface area contributed by atoms with E-state index in [0.717, 1.165) is 33.5 Å². The molecule has 204 valence electrons. The molecule has 0 radical (unpaired) electrons. The van der Waals surface area contributed by atoms with Crippen LogP contribution >= 0.6 is 11.9 Å². The van der Waals surface area contributed by atoms with E-state index in [2.05, 4.69) is 159 Å². The molecule has 0 saturated carbocycles. The lowest BCUT2D eigenvalue weighted by atomic mass is 10.0. The number of nitrogens with zero attached hydrogens (tertiary/aromatic N) is 4. The summed E-state index contributed by atoms with van der Waals surface area (Å²) in [5, 5.41) is 2.52. The van der Waals surface area contributed by atoms with Crippen LogP contribution in [0.1, 0.15) is 5.56 Å². The third-order valence-corrected chi connectivity index (χ3v) is 9.45. The Bertz CT molecular complexity index is 2480. The maximum atomic E-state index is 5.12. The average Bonchev–Trinajstić information content (AvgIpc) is 3.69. The van der Waals surface area contributed by atoms with Gasteiger partial charge in [-0.2, -0.15) is 0 Å². The van der Waals surface area contributed by atoms with Crippen LogP contribution in [0.15, 0.2) is 144 Å². The number of aryl methyl sites for hydroxylation is 1. The lowest BCUT2D eigenvalue weighted by molar-refractivity contribution is 1.11. The normalized spacial score (nSPS) is 11.9. The number of fused-ring (bicyclic) bond motifs is 8. The van der Waals surface area contributed by atoms with E-state index in [4.69, 9.17) is 4.98 Å². The maximum Gasteiger partial charge on any atom is 0.220 e. The van der Waals surface area contributed by atoms with Crippen LogP contribution in [0.25, 0.3) is 66.5 Å². The highest BCUT2D eigenvalue weighted by Gasteiger charge is 2.18. The highest BCUT2D eigenvalue weighted by atomic mass is 32.2. The van der Waals surface area contributed by atoms with Gasteiger partial charge in [0.15, 0.2) is 0 Å². The third kappa shape index (κ3) is 3.75. The maximum absolute atomic E-state index is 5.12. The molecule has 0 amide bonds. The van der Waals surface area contributed by atoms with E-state index in [1.165, 1.54) is 43.4 Å². The minimum Gasteiger partial charge on any atom is -0.279 e. The minimum absolute atomic E-state index is 0.922. The van der Waals surface area contributed by atoms with Gasteiger partial charge >= 0.3 is 0 Å². The number of para-hydroxylation sites is 4. The largest absolute Gasteiger partial charge is 0.279 e. The Morgan fingerprint density at radius 2 is 1.21 bits per heavy atom. The summed E-state index contributed by atoms with van der Waals surface area (Å²) >= 11 is 1.77. The zero-order chi connectivity index (χ0) is 28.5. The molecular formula is C38H26N4S. The van der Waals surface area contributed by atoms with Crippen LogP contribution in [0.5, 0.6) is 0 Å². The van der Waals surface area contributed by atoms with Gasteiger partial charge in [0.1, 0.15) is 0 Å². The van der Waals surface area contributed by atoms with Gasteiger partial charge in [0.2, 0.25) is 5.78 Å². The Labute approximate surface area is 252 Å². The molecule has 0 spiro atoms. The molecule has 0 saturated heterocycles. The molecule has 0 aliphatic rings. The van der Waals surface area contributed by atoms with Crippen molar-refractivity contribution in [3.05, 3.63) is 145 Å². The molecule has 0 atom stereocenters. The van der Waals surface area contributed by atoms with Crippen molar-refractivity contribution in [2.24, 2.45) is 0 Å². The van der Waals surface area contributed by atoms with Crippen molar-refractivity contribution in [3.63, 3.8) is 0 Å². The molecule has 0 bridgehead atoms. The number of benzene rings is 6. The lowest BCUT2D eigenvalue weighted by Gasteiger charge is -2.08. The second kappa shape index (κ2) is 9.38. The minimum atomic E-state index is 0.922. The number of hydrogen-bond acceptors (Lipinski definition) is 2. The van der Waals surface area contributed by atoms with Crippen LogP contribution < -0.4 is 0 Å². The predicted octanol–water partition coefficient (Wildman–Crippen LogP) is 10.1. The summed E-state index contributed by atoms with van der Waals surface area (Å²) in [6.45, 7) is 2.13. The molecule has 0 N–H and O–H groups in total. The van der Waals surface area contributed by atoms with Crippen LogP contribution in [-0.4, -0.2) is 17.9 Å². The summed E-state index contributed by atoms with van der Waals surface area (Å²) in [6.07, 6.45) is 0. The summed E-state index contributed by atoms with van der Waals surface area (Å²) in [7, 11) is 0. The van der Waals surface area contributed by atoms with Gasteiger partial charge in [-0.3, -0.25) is 12.9 Å². The molecule has 0 aliphatic carbocycles. The van der Waals surface area contributed by atoms with Crippen molar-refractivity contribution >= 4 is 61.6 Å². The Morgan fingerprint density at radius 1 is 0.535 bits per heavy atom. The van der Waals surface area contributed by atoms with Crippen LogP contribution in [0.4, 0.5) is 0 Å². The van der Waals surface area contributed by atoms with Gasteiger partial charge in [-0.25, -0.2) is 4.98 Å². The molecule has 4 nitrogen and oxygen atoms in total. The number of rotatable bonds is 4. The van der Waals surface area contributed by atoms with Crippen LogP contribution in [0, 0.1) is 6.92 Å². The van der Waals surface area contributed by atoms with Gasteiger partial charge in [-0.1, -0.05) is 78.4 Å². The number of imidazole rings is 2. The Hall–Kier alpha value is -5.26. The highest BCUT2D eigenvalue weighted by Crippen LogP contribution is 2.38. The highest BCUT2D eigenvalue weighted by molar-refractivity contribution is 7.98. The summed E-state index contributed by atoms with van der Waals surface area (Å²) in [6, 6.07) is 50.0. The van der Waals surface area contributed by atoms with Crippen LogP contribution in [-0.2, 0) is 0 Å². The number of aromatic nitrogens is 4. The topological polar surface area (TPSA) is 27.2 Å². The Kier molecular flexibility index (Phi) is 5.31. The first-order chi connectivity index (χ1) is 21.2. The standard InChI is InChI=1S/C38H26N4S/c1-25-15-19-29(20-16-25)43-42-33-12-6-5-11-30(33)31-23-26(18-22-34(31)42)27-17-21-32-37(24-27)41-36-14-8-7-13-35(36)40(38(41)39-32)28-9-3-2-4-10-28/h2-24H,1H3. The van der Waals surface area contributed by atoms with Crippen LogP contribution in [0.3, 0.4) is 0 Å². The van der Waals surface area contributed by atoms with E-state index in [9.17, 15) is 0 Å². The van der Waals surface area contributed by atoms with E-state index >= 15 is 0 Å². The monoisotopic (exact) mass is 570 g/mol. The lowest BCUT2D eigenvalue weighted by Crippen LogP contribution is -1.94. The summed E-state index contributed by atoms with van der Waals surface area (Å²) in [4.78, 5) is 6.35. The molecule has 0 fully saturated rings. The fraction of sp³-hybridized carbons (Fsp3) is 0.0263. The van der Waals surface area contributed by atoms with Gasteiger partial charge in [0.25, 0.3) is 0 Å². The molecule has 0 unspecified atom stereocenters. The van der Waals surface area contributed by atoms with E-state index in [0.29, 0.717) is 0 Å². The van der Waals surface area contributed by atoms with E-state index < -0.39 is 0 Å². The van der Waals surface area contributed by atoms with Crippen molar-refractivity contribution in [2.45, 2.75) is 11.8 Å². The van der Waals surface area contributed by atoms with Crippen molar-refractivity contribution in [1.82, 2.24) is 17.9 Å². The second-order valence-electron chi connectivity index (χ2n) is 11.1. The molecule has 5 heteroatoms. The first-order valence-corrected chi connectivity index (χ1v) is 15.3. The van der Waals surface area contributed by atoms with Gasteiger partial charge in [0, 0.05) is 21.4 Å². The van der Waals surface area contributed by atoms with E-state index in [1.807, 2.05) is 0 Å². The average molecular weight is 571 g/mol. The first kappa shape index (κ1) is 24.3. The van der Waals surface area contributed by atoms with Gasteiger partial charge in [-0.15, -0.1) is 0 Å². The van der Waals surface area contributed by atoms with Crippen molar-refractivity contribution in [3.8, 4) is 16.8 Å². The van der Waals surface area contributed by atoms with E-state index in [1.54, 1.807) is 11.9 Å². The third-order valence-electron chi connectivity index (χ3n) is 8.39. The zero-order valence-electron chi connectivity index (χ0n) is 23.5. The first-order valence-electron chi connectivity index (χ1n) is 14.5. The van der Waals surface area contributed by atoms with Gasteiger partial charge in [0.05, 0.1) is 33.1 Å². The van der Waals surface area contributed by atoms with Crippen molar-refractivity contribution in [2.75, 3.05) is 0 Å². The summed E-state index contributed by atoms with van der Waals surface area (Å²) < 4.78 is 6.91. The molecule has 3 heterocycles. The molecule has 9 aromatic rings. The molecule has 43 heavy (non-hydrogen) atoms. The molecule has 3 aromatic heterocycles. The van der Waals surface area contributed by atoms with Gasteiger partial charge in [-0.05, 0) is 96.7 Å². The molecular weight excluding hydrogens is 545 g/mol. The molecule has 9 rings (SSSR count). The second-order valence-corrected chi connectivity index (χ2v) is 12.1. The Morgan fingerprint density at radius 3 is 2.05 bits per heavy atom. The molecule has 0 aliphatic heterocycles. The summed E-state index contributed by atoms with van der Waals surface area (Å²) in [5.41, 5.74) is 11.6. The smallest absolute Gasteiger partial charge is 0.220 e. The fourth-order valence-electron chi connectivity index (χ4n) is 6.33. The van der Waals surface area contributed by atoms with Crippen LogP contribution in [0.2, 0.25) is 0 Å². The van der Waals surface area contributed by atoms with Crippen molar-refractivity contribution in [1.29, 1.82) is 0 Å². The van der Waals surface area contributed by atoms with E-state index in [-0.39, 0.29) is 0 Å². The summed E-state index contributed by atoms with van der Waals surface area (Å²) in [5.74, 6) is 0.922. The van der Waals surface area contributed by atoms with Crippen molar-refractivity contribution < 1.29 is 0 Å². The predicted molar refractivity (Wildman–Crippen MR) is 180 cm³/mol. The SMILES string of the molecule is Cc1ccc(Sn2c3ccccc3c3cc(-c4ccc5nc6n(-c7ccccc7)c7ccccc7n6c5c4)ccc32)cc1. The quantitative estimate of drug-likeness (QED) is 0.211. The Balaban J connectivity index is 1.23. The fourth-order valence-corrected chi connectivity index (χ4v) is 7.31. The van der Waals surface area contributed by atoms with Gasteiger partial charge < -0.3 is 0 Å². The molecule has 6 aromatic carbocycles. The zero-order valence-corrected chi connectivity index (χ0v) is 24.3.